The smallest absolute Gasteiger partial charge is 0.200 e. The minimum absolute atomic E-state index is 0.114. The molecule has 0 aliphatic heterocycles. The molecule has 17 heavy (non-hydrogen) atoms. The predicted molar refractivity (Wildman–Crippen MR) is 58.2 cm³/mol. The van der Waals surface area contributed by atoms with Crippen molar-refractivity contribution in [2.45, 2.75) is 32.0 Å². The summed E-state index contributed by atoms with van der Waals surface area (Å²) in [6, 6.07) is 0.805. The number of hydrogen-bond donors (Lipinski definition) is 0. The zero-order valence-electron chi connectivity index (χ0n) is 9.59. The van der Waals surface area contributed by atoms with Crippen LogP contribution < -0.4 is 0 Å². The van der Waals surface area contributed by atoms with E-state index in [9.17, 15) is 22.0 Å². The molecule has 1 aromatic carbocycles. The Labute approximate surface area is 98.1 Å². The second-order valence-electron chi connectivity index (χ2n) is 4.33. The van der Waals surface area contributed by atoms with E-state index in [2.05, 4.69) is 13.1 Å². The molecule has 0 aromatic heterocycles. The van der Waals surface area contributed by atoms with Crippen molar-refractivity contribution < 1.29 is 22.0 Å². The summed E-state index contributed by atoms with van der Waals surface area (Å²) in [5.41, 5.74) is -0.698. The number of hydrogen-bond acceptors (Lipinski definition) is 0. The molecule has 0 bridgehead atoms. The van der Waals surface area contributed by atoms with Gasteiger partial charge in [0.1, 0.15) is 0 Å². The fourth-order valence-electron chi connectivity index (χ4n) is 1.56. The first-order chi connectivity index (χ1) is 7.86. The molecule has 0 N–H and O–H groups in total. The van der Waals surface area contributed by atoms with Crippen molar-refractivity contribution in [3.63, 3.8) is 0 Å². The summed E-state index contributed by atoms with van der Waals surface area (Å²) in [4.78, 5) is 0. The quantitative estimate of drug-likeness (QED) is 0.337. The van der Waals surface area contributed by atoms with Crippen LogP contribution in [-0.2, 0) is 6.42 Å². The fourth-order valence-corrected chi connectivity index (χ4v) is 2.58. The zero-order chi connectivity index (χ0) is 13.2. The lowest BCUT2D eigenvalue weighted by Crippen LogP contribution is -2.08. The van der Waals surface area contributed by atoms with E-state index in [0.29, 0.717) is 6.42 Å². The molecule has 0 atom stereocenters. The Morgan fingerprint density at radius 1 is 0.765 bits per heavy atom. The fraction of sp³-hybridized carbons (Fsp3) is 0.455. The summed E-state index contributed by atoms with van der Waals surface area (Å²) in [6.07, 6.45) is 0.333. The molecule has 0 amide bonds. The molecule has 1 aromatic rings. The van der Waals surface area contributed by atoms with E-state index in [4.69, 9.17) is 0 Å². The summed E-state index contributed by atoms with van der Waals surface area (Å²) in [5.74, 6) is -9.22. The van der Waals surface area contributed by atoms with Crippen molar-refractivity contribution in [2.75, 3.05) is 0 Å². The maximum atomic E-state index is 13.2. The average molecular weight is 268 g/mol. The van der Waals surface area contributed by atoms with Gasteiger partial charge in [0, 0.05) is 14.4 Å². The Bertz CT molecular complexity index is 388. The van der Waals surface area contributed by atoms with Gasteiger partial charge in [0.2, 0.25) is 5.82 Å². The Morgan fingerprint density at radius 3 is 1.59 bits per heavy atom. The van der Waals surface area contributed by atoms with Gasteiger partial charge in [-0.2, -0.15) is 0 Å². The first-order valence-corrected chi connectivity index (χ1v) is 8.49. The normalized spacial score (nSPS) is 11.3. The molecule has 0 saturated heterocycles. The van der Waals surface area contributed by atoms with Gasteiger partial charge in [-0.1, -0.05) is 25.6 Å². The van der Waals surface area contributed by atoms with Gasteiger partial charge in [-0.25, -0.2) is 22.0 Å². The number of benzene rings is 1. The lowest BCUT2D eigenvalue weighted by molar-refractivity contribution is 0.369. The van der Waals surface area contributed by atoms with Crippen LogP contribution in [0.5, 0.6) is 0 Å². The van der Waals surface area contributed by atoms with Crippen molar-refractivity contribution in [2.24, 2.45) is 0 Å². The van der Waals surface area contributed by atoms with Gasteiger partial charge >= 0.3 is 0 Å². The van der Waals surface area contributed by atoms with Crippen LogP contribution in [0.2, 0.25) is 19.1 Å². The SMILES string of the molecule is C[SiH](C)CCCc1c(F)c(F)c(F)c(F)c1F. The first kappa shape index (κ1) is 14.1. The Morgan fingerprint density at radius 2 is 1.18 bits per heavy atom. The van der Waals surface area contributed by atoms with Gasteiger partial charge in [0.05, 0.1) is 0 Å². The molecule has 0 saturated carbocycles. The van der Waals surface area contributed by atoms with Crippen LogP contribution in [0, 0.1) is 29.1 Å². The molecule has 0 aliphatic carbocycles. The summed E-state index contributed by atoms with van der Waals surface area (Å²) < 4.78 is 64.8. The molecule has 0 radical (unpaired) electrons. The molecule has 1 rings (SSSR count). The summed E-state index contributed by atoms with van der Waals surface area (Å²) in [5, 5.41) is 0. The molecular formula is C11H13F5Si. The van der Waals surface area contributed by atoms with E-state index in [-0.39, 0.29) is 6.42 Å². The highest BCUT2D eigenvalue weighted by Crippen LogP contribution is 2.24. The molecule has 6 heteroatoms. The summed E-state index contributed by atoms with van der Waals surface area (Å²) in [6.45, 7) is 4.11. The van der Waals surface area contributed by atoms with Crippen molar-refractivity contribution in [3.05, 3.63) is 34.6 Å². The third-order valence-corrected chi connectivity index (χ3v) is 4.07. The topological polar surface area (TPSA) is 0 Å². The van der Waals surface area contributed by atoms with Crippen LogP contribution in [0.3, 0.4) is 0 Å². The monoisotopic (exact) mass is 268 g/mol. The minimum Gasteiger partial charge on any atom is -0.203 e. The van der Waals surface area contributed by atoms with Crippen molar-refractivity contribution in [1.82, 2.24) is 0 Å². The molecule has 0 fully saturated rings. The maximum absolute atomic E-state index is 13.2. The van der Waals surface area contributed by atoms with Crippen LogP contribution in [0.1, 0.15) is 12.0 Å². The second kappa shape index (κ2) is 5.62. The van der Waals surface area contributed by atoms with Crippen molar-refractivity contribution >= 4 is 8.80 Å². The third kappa shape index (κ3) is 3.05. The van der Waals surface area contributed by atoms with Gasteiger partial charge in [-0.3, -0.25) is 0 Å². The Hall–Kier alpha value is -0.913. The third-order valence-electron chi connectivity index (χ3n) is 2.51. The van der Waals surface area contributed by atoms with Gasteiger partial charge in [0.15, 0.2) is 23.3 Å². The minimum atomic E-state index is -2.10. The molecule has 0 unspecified atom stereocenters. The Balaban J connectivity index is 2.99. The van der Waals surface area contributed by atoms with Gasteiger partial charge in [-0.05, 0) is 6.42 Å². The van der Waals surface area contributed by atoms with Gasteiger partial charge < -0.3 is 0 Å². The predicted octanol–water partition coefficient (Wildman–Crippen LogP) is 3.80. The molecular weight excluding hydrogens is 255 g/mol. The molecule has 0 spiro atoms. The highest BCUT2D eigenvalue weighted by atomic mass is 28.3. The summed E-state index contributed by atoms with van der Waals surface area (Å²) >= 11 is 0. The molecule has 96 valence electrons. The standard InChI is InChI=1S/C11H13F5Si/c1-17(2)5-3-4-6-7(12)9(14)11(16)10(15)8(6)13/h17H,3-5H2,1-2H3. The average Bonchev–Trinajstić information content (AvgIpc) is 2.28. The lowest BCUT2D eigenvalue weighted by atomic mass is 10.1. The second-order valence-corrected chi connectivity index (χ2v) is 7.70. The van der Waals surface area contributed by atoms with Gasteiger partial charge in [-0.15, -0.1) is 0 Å². The number of halogens is 5. The van der Waals surface area contributed by atoms with E-state index >= 15 is 0 Å². The molecule has 0 aliphatic rings. The van der Waals surface area contributed by atoms with Crippen LogP contribution in [0.25, 0.3) is 0 Å². The largest absolute Gasteiger partial charge is 0.203 e. The van der Waals surface area contributed by atoms with Crippen molar-refractivity contribution in [3.8, 4) is 0 Å². The molecule has 0 nitrogen and oxygen atoms in total. The zero-order valence-corrected chi connectivity index (χ0v) is 10.7. The first-order valence-electron chi connectivity index (χ1n) is 5.36. The van der Waals surface area contributed by atoms with Crippen LogP contribution in [0.15, 0.2) is 0 Å². The van der Waals surface area contributed by atoms with E-state index in [1.807, 2.05) is 0 Å². The van der Waals surface area contributed by atoms with Crippen LogP contribution in [0.4, 0.5) is 22.0 Å². The van der Waals surface area contributed by atoms with Crippen molar-refractivity contribution in [1.29, 1.82) is 0 Å². The number of rotatable bonds is 4. The molecule has 0 heterocycles. The highest BCUT2D eigenvalue weighted by Gasteiger charge is 2.25. The maximum Gasteiger partial charge on any atom is 0.200 e. The van der Waals surface area contributed by atoms with E-state index in [1.54, 1.807) is 0 Å². The highest BCUT2D eigenvalue weighted by molar-refractivity contribution is 6.55. The van der Waals surface area contributed by atoms with Crippen LogP contribution >= 0.6 is 0 Å². The van der Waals surface area contributed by atoms with E-state index < -0.39 is 43.4 Å². The summed E-state index contributed by atoms with van der Waals surface area (Å²) in [7, 11) is -0.884. The van der Waals surface area contributed by atoms with Gasteiger partial charge in [0.25, 0.3) is 0 Å². The van der Waals surface area contributed by atoms with Crippen LogP contribution in [-0.4, -0.2) is 8.80 Å². The van der Waals surface area contributed by atoms with E-state index in [1.165, 1.54) is 0 Å². The lowest BCUT2D eigenvalue weighted by Gasteiger charge is -2.08. The van der Waals surface area contributed by atoms with E-state index in [0.717, 1.165) is 6.04 Å². The Kier molecular flexibility index (Phi) is 4.67.